The summed E-state index contributed by atoms with van der Waals surface area (Å²) in [6.07, 6.45) is 2.95. The molecule has 3 atom stereocenters. The maximum atomic E-state index is 13.6. The van der Waals surface area contributed by atoms with E-state index < -0.39 is 22.2 Å². The van der Waals surface area contributed by atoms with E-state index in [1.165, 1.54) is 11.0 Å². The average molecular weight is 675 g/mol. The summed E-state index contributed by atoms with van der Waals surface area (Å²) in [5.41, 5.74) is 3.28. The van der Waals surface area contributed by atoms with E-state index in [9.17, 15) is 22.4 Å². The molecule has 2 aromatic carbocycles. The number of likely N-dealkylation sites (tertiary alicyclic amines) is 1. The maximum absolute atomic E-state index is 13.6. The number of fused-ring (bicyclic) bond motifs is 1. The predicted octanol–water partition coefficient (Wildman–Crippen LogP) is 3.79. The summed E-state index contributed by atoms with van der Waals surface area (Å²) in [4.78, 5) is 37.9. The van der Waals surface area contributed by atoms with Gasteiger partial charge in [-0.1, -0.05) is 30.3 Å². The van der Waals surface area contributed by atoms with Crippen molar-refractivity contribution >= 4 is 38.7 Å². The Morgan fingerprint density at radius 2 is 1.88 bits per heavy atom. The smallest absolute Gasteiger partial charge is 0.272 e. The number of piperidine rings is 1. The zero-order valence-corrected chi connectivity index (χ0v) is 26.6. The minimum Gasteiger partial charge on any atom is -0.436 e. The summed E-state index contributed by atoms with van der Waals surface area (Å²) in [6.45, 7) is 0.627. The van der Waals surface area contributed by atoms with Crippen molar-refractivity contribution in [3.63, 3.8) is 0 Å². The van der Waals surface area contributed by atoms with E-state index in [0.29, 0.717) is 54.2 Å². The molecular formula is C32H31FN8O6S. The largest absolute Gasteiger partial charge is 0.436 e. The molecule has 2 aliphatic rings. The van der Waals surface area contributed by atoms with E-state index in [4.69, 9.17) is 8.60 Å². The van der Waals surface area contributed by atoms with E-state index in [1.807, 2.05) is 30.3 Å². The zero-order valence-electron chi connectivity index (χ0n) is 25.8. The Bertz CT molecular complexity index is 2080. The molecule has 1 N–H and O–H groups in total. The topological polar surface area (TPSA) is 175 Å². The molecule has 7 rings (SSSR count). The number of oxazole rings is 1. The van der Waals surface area contributed by atoms with Crippen LogP contribution in [0.2, 0.25) is 0 Å². The monoisotopic (exact) mass is 674 g/mol. The normalized spacial score (nSPS) is 18.9. The highest BCUT2D eigenvalue weighted by Crippen LogP contribution is 2.36. The number of carbonyl (C=O) groups excluding carboxylic acids is 2. The van der Waals surface area contributed by atoms with Crippen molar-refractivity contribution in [1.82, 2.24) is 35.1 Å². The summed E-state index contributed by atoms with van der Waals surface area (Å²) in [5.74, 6) is -0.683. The molecule has 1 aliphatic carbocycles. The van der Waals surface area contributed by atoms with Gasteiger partial charge in [0, 0.05) is 30.5 Å². The molecule has 14 nitrogen and oxygen atoms in total. The Hall–Kier alpha value is -5.09. The zero-order chi connectivity index (χ0) is 33.4. The first-order chi connectivity index (χ1) is 23.1. The number of hydrogen-bond acceptors (Lipinski definition) is 11. The number of benzene rings is 2. The first-order valence-electron chi connectivity index (χ1n) is 15.4. The van der Waals surface area contributed by atoms with Crippen molar-refractivity contribution in [3.05, 3.63) is 83.9 Å². The van der Waals surface area contributed by atoms with E-state index in [-0.39, 0.29) is 48.3 Å². The Morgan fingerprint density at radius 3 is 2.60 bits per heavy atom. The molecule has 1 saturated heterocycles. The van der Waals surface area contributed by atoms with E-state index in [2.05, 4.69) is 30.7 Å². The van der Waals surface area contributed by atoms with Crippen molar-refractivity contribution < 1.29 is 31.0 Å². The van der Waals surface area contributed by atoms with Gasteiger partial charge in [0.1, 0.15) is 30.0 Å². The molecule has 0 spiro atoms. The lowest BCUT2D eigenvalue weighted by atomic mass is 9.85. The first-order valence-corrected chi connectivity index (χ1v) is 17.2. The number of halogens is 1. The van der Waals surface area contributed by atoms with Crippen molar-refractivity contribution in [1.29, 1.82) is 0 Å². The lowest BCUT2D eigenvalue weighted by Gasteiger charge is -2.35. The Morgan fingerprint density at radius 1 is 1.10 bits per heavy atom. The van der Waals surface area contributed by atoms with Gasteiger partial charge in [0.2, 0.25) is 17.6 Å². The third-order valence-corrected chi connectivity index (χ3v) is 9.01. The summed E-state index contributed by atoms with van der Waals surface area (Å²) in [5, 5.41) is 15.3. The van der Waals surface area contributed by atoms with Gasteiger partial charge in [0.15, 0.2) is 5.58 Å². The number of aromatic nitrogens is 6. The van der Waals surface area contributed by atoms with Gasteiger partial charge in [-0.15, -0.1) is 10.2 Å². The van der Waals surface area contributed by atoms with Crippen molar-refractivity contribution in [2.45, 2.75) is 38.1 Å². The molecule has 5 aromatic rings. The quantitative estimate of drug-likeness (QED) is 0.213. The second-order valence-electron chi connectivity index (χ2n) is 12.0. The third kappa shape index (κ3) is 6.94. The number of nitrogens with zero attached hydrogens (tertiary/aromatic N) is 7. The highest BCUT2D eigenvalue weighted by molar-refractivity contribution is 7.85. The minimum atomic E-state index is -3.67. The van der Waals surface area contributed by atoms with Crippen molar-refractivity contribution in [3.8, 4) is 11.5 Å². The van der Waals surface area contributed by atoms with Crippen LogP contribution in [0.3, 0.4) is 0 Å². The molecule has 3 aromatic heterocycles. The van der Waals surface area contributed by atoms with Crippen molar-refractivity contribution in [2.75, 3.05) is 24.7 Å². The van der Waals surface area contributed by atoms with E-state index >= 15 is 0 Å². The molecular weight excluding hydrogens is 643 g/mol. The molecule has 248 valence electrons. The van der Waals surface area contributed by atoms with Crippen LogP contribution < -0.4 is 5.32 Å². The van der Waals surface area contributed by atoms with Crippen molar-refractivity contribution in [2.24, 2.45) is 11.8 Å². The molecule has 0 bridgehead atoms. The third-order valence-electron chi connectivity index (χ3n) is 8.47. The SMILES string of the molecule is CS(=O)(=O)OCc1nnn(C(c2ccccc2)C2CCN(C(=O)c3cc(-c4nc5cc(NC(=O)[C@@H]6C[C@@H]6F)ccc5o4)ccn3)CC2)n1. The van der Waals surface area contributed by atoms with Crippen LogP contribution in [0.15, 0.2) is 71.3 Å². The lowest BCUT2D eigenvalue weighted by molar-refractivity contribution is -0.117. The number of pyridine rings is 1. The van der Waals surface area contributed by atoms with Crippen LogP contribution >= 0.6 is 0 Å². The van der Waals surface area contributed by atoms with E-state index in [0.717, 1.165) is 11.8 Å². The molecule has 1 aliphatic heterocycles. The highest BCUT2D eigenvalue weighted by atomic mass is 32.2. The highest BCUT2D eigenvalue weighted by Gasteiger charge is 2.43. The molecule has 1 unspecified atom stereocenters. The molecule has 2 fully saturated rings. The van der Waals surface area contributed by atoms with Crippen LogP contribution in [-0.4, -0.2) is 80.8 Å². The number of carbonyl (C=O) groups is 2. The molecule has 2 amide bonds. The number of alkyl halides is 1. The van der Waals surface area contributed by atoms with Gasteiger partial charge in [-0.25, -0.2) is 9.37 Å². The number of rotatable bonds is 10. The fourth-order valence-corrected chi connectivity index (χ4v) is 6.21. The van der Waals surface area contributed by atoms with Gasteiger partial charge in [0.25, 0.3) is 16.0 Å². The standard InChI is InChI=1S/C32H31FN8O6S/c1-48(44,45)46-18-28-37-39-41(38-28)29(19-5-3-2-4-6-19)20-10-13-40(14-11-20)32(43)26-15-21(9-12-34-26)31-36-25-16-22(7-8-27(25)47-31)35-30(42)23-17-24(23)33/h2-9,12,15-16,20,23-24,29H,10-11,13-14,17-18H2,1H3,(H,35,42)/t23-,24+,29?/m1/s1. The predicted molar refractivity (Wildman–Crippen MR) is 170 cm³/mol. The van der Waals surface area contributed by atoms with E-state index in [1.54, 1.807) is 35.2 Å². The second kappa shape index (κ2) is 12.8. The average Bonchev–Trinajstić information content (AvgIpc) is 3.43. The summed E-state index contributed by atoms with van der Waals surface area (Å²) < 4.78 is 46.9. The van der Waals surface area contributed by atoms with Gasteiger partial charge < -0.3 is 14.6 Å². The Labute approximate surface area is 274 Å². The van der Waals surface area contributed by atoms with Crippen LogP contribution in [0.5, 0.6) is 0 Å². The van der Waals surface area contributed by atoms with Crippen LogP contribution in [0.25, 0.3) is 22.6 Å². The number of hydrogen-bond donors (Lipinski definition) is 1. The van der Waals surface area contributed by atoms with Gasteiger partial charge >= 0.3 is 0 Å². The summed E-state index contributed by atoms with van der Waals surface area (Å²) >= 11 is 0. The van der Waals surface area contributed by atoms with Crippen LogP contribution in [0.1, 0.15) is 47.2 Å². The molecule has 0 radical (unpaired) electrons. The molecule has 16 heteroatoms. The first kappa shape index (κ1) is 31.5. The van der Waals surface area contributed by atoms with Gasteiger partial charge in [0.05, 0.1) is 12.2 Å². The van der Waals surface area contributed by atoms with Crippen LogP contribution in [-0.2, 0) is 25.7 Å². The lowest BCUT2D eigenvalue weighted by Crippen LogP contribution is -2.41. The van der Waals surface area contributed by atoms with Gasteiger partial charge in [-0.3, -0.25) is 18.8 Å². The number of nitrogens with one attached hydrogen (secondary N) is 1. The maximum Gasteiger partial charge on any atom is 0.272 e. The molecule has 1 saturated carbocycles. The van der Waals surface area contributed by atoms with Crippen LogP contribution in [0, 0.1) is 11.8 Å². The second-order valence-corrected chi connectivity index (χ2v) is 13.6. The Kier molecular flexibility index (Phi) is 8.43. The minimum absolute atomic E-state index is 0.0609. The summed E-state index contributed by atoms with van der Waals surface area (Å²) in [6, 6.07) is 17.8. The number of amides is 2. The summed E-state index contributed by atoms with van der Waals surface area (Å²) in [7, 11) is -3.67. The molecule has 4 heterocycles. The fourth-order valence-electron chi connectivity index (χ4n) is 5.90. The van der Waals surface area contributed by atoms with Gasteiger partial charge in [-0.2, -0.15) is 13.2 Å². The fraction of sp³-hybridized carbons (Fsp3) is 0.344. The molecule has 48 heavy (non-hydrogen) atoms. The van der Waals surface area contributed by atoms with Gasteiger partial charge in [-0.05, 0) is 66.3 Å². The number of tetrazole rings is 1. The Balaban J connectivity index is 1.03. The van der Waals surface area contributed by atoms with Crippen LogP contribution in [0.4, 0.5) is 10.1 Å². The number of anilines is 1.